The molecule has 2 aromatic rings. The molecule has 0 atom stereocenters. The van der Waals surface area contributed by atoms with E-state index in [9.17, 15) is 14.4 Å². The van der Waals surface area contributed by atoms with E-state index in [4.69, 9.17) is 0 Å². The maximum absolute atomic E-state index is 12.8. The predicted octanol–water partition coefficient (Wildman–Crippen LogP) is 1.39. The number of amides is 3. The molecule has 0 aliphatic carbocycles. The Morgan fingerprint density at radius 1 is 0.875 bits per heavy atom. The first-order chi connectivity index (χ1) is 11.6. The number of para-hydroxylation sites is 1. The maximum atomic E-state index is 12.8. The molecule has 0 bridgehead atoms. The van der Waals surface area contributed by atoms with Crippen molar-refractivity contribution < 1.29 is 14.4 Å². The third kappa shape index (κ3) is 3.43. The van der Waals surface area contributed by atoms with Gasteiger partial charge in [0.1, 0.15) is 5.92 Å². The molecule has 3 amide bonds. The van der Waals surface area contributed by atoms with Crippen molar-refractivity contribution in [2.45, 2.75) is 13.0 Å². The van der Waals surface area contributed by atoms with Crippen molar-refractivity contribution in [1.82, 2.24) is 10.9 Å². The summed E-state index contributed by atoms with van der Waals surface area (Å²) in [4.78, 5) is 37.7. The maximum Gasteiger partial charge on any atom is 0.251 e. The van der Waals surface area contributed by atoms with Crippen LogP contribution in [-0.2, 0) is 20.9 Å². The van der Waals surface area contributed by atoms with Gasteiger partial charge in [-0.05, 0) is 17.7 Å². The van der Waals surface area contributed by atoms with Gasteiger partial charge in [0.05, 0.1) is 6.54 Å². The highest BCUT2D eigenvalue weighted by Crippen LogP contribution is 2.20. The van der Waals surface area contributed by atoms with E-state index in [1.165, 1.54) is 0 Å². The van der Waals surface area contributed by atoms with Crippen LogP contribution in [0.25, 0.3) is 0 Å². The van der Waals surface area contributed by atoms with Crippen LogP contribution in [0.5, 0.6) is 0 Å². The quantitative estimate of drug-likeness (QED) is 0.816. The summed E-state index contributed by atoms with van der Waals surface area (Å²) in [7, 11) is 0. The van der Waals surface area contributed by atoms with Crippen molar-refractivity contribution in [1.29, 1.82) is 0 Å². The second-order valence-electron chi connectivity index (χ2n) is 5.54. The van der Waals surface area contributed by atoms with Gasteiger partial charge >= 0.3 is 0 Å². The third-order valence-corrected chi connectivity index (χ3v) is 3.87. The lowest BCUT2D eigenvalue weighted by atomic mass is 10.0. The lowest BCUT2D eigenvalue weighted by Gasteiger charge is -2.23. The smallest absolute Gasteiger partial charge is 0.251 e. The Kier molecular flexibility index (Phi) is 4.56. The van der Waals surface area contributed by atoms with Crippen LogP contribution in [0.15, 0.2) is 60.7 Å². The Balaban J connectivity index is 1.82. The number of hydrazine groups is 1. The highest BCUT2D eigenvalue weighted by atomic mass is 16.2. The Bertz CT molecular complexity index is 731. The van der Waals surface area contributed by atoms with Gasteiger partial charge in [-0.1, -0.05) is 48.5 Å². The van der Waals surface area contributed by atoms with Crippen molar-refractivity contribution in [2.75, 3.05) is 4.90 Å². The first-order valence-electron chi connectivity index (χ1n) is 7.64. The first-order valence-corrected chi connectivity index (χ1v) is 7.64. The van der Waals surface area contributed by atoms with Crippen molar-refractivity contribution in [3.05, 3.63) is 66.2 Å². The zero-order valence-corrected chi connectivity index (χ0v) is 12.9. The summed E-state index contributed by atoms with van der Waals surface area (Å²) < 4.78 is 0. The summed E-state index contributed by atoms with van der Waals surface area (Å²) in [6.45, 7) is 0.375. The second kappa shape index (κ2) is 6.95. The molecule has 0 radical (unpaired) electrons. The van der Waals surface area contributed by atoms with E-state index in [1.807, 2.05) is 60.7 Å². The van der Waals surface area contributed by atoms with Gasteiger partial charge in [0.15, 0.2) is 0 Å². The fourth-order valence-corrected chi connectivity index (χ4v) is 2.58. The summed E-state index contributed by atoms with van der Waals surface area (Å²) >= 11 is 0. The minimum Gasteiger partial charge on any atom is -0.308 e. The van der Waals surface area contributed by atoms with Gasteiger partial charge in [0.2, 0.25) is 5.91 Å². The van der Waals surface area contributed by atoms with Crippen LogP contribution in [0.3, 0.4) is 0 Å². The van der Waals surface area contributed by atoms with Crippen molar-refractivity contribution >= 4 is 23.4 Å². The lowest BCUT2D eigenvalue weighted by molar-refractivity contribution is -0.132. The van der Waals surface area contributed by atoms with E-state index in [0.717, 1.165) is 11.3 Å². The Morgan fingerprint density at radius 3 is 2.00 bits per heavy atom. The topological polar surface area (TPSA) is 78.5 Å². The van der Waals surface area contributed by atoms with Gasteiger partial charge in [0.25, 0.3) is 11.8 Å². The van der Waals surface area contributed by atoms with Gasteiger partial charge in [-0.3, -0.25) is 25.2 Å². The molecule has 0 unspecified atom stereocenters. The summed E-state index contributed by atoms with van der Waals surface area (Å²) in [5.74, 6) is -2.20. The number of nitrogens with one attached hydrogen (secondary N) is 2. The average Bonchev–Trinajstić information content (AvgIpc) is 2.93. The first kappa shape index (κ1) is 15.7. The van der Waals surface area contributed by atoms with Crippen LogP contribution < -0.4 is 15.8 Å². The Morgan fingerprint density at radius 2 is 1.42 bits per heavy atom. The van der Waals surface area contributed by atoms with E-state index >= 15 is 0 Å². The van der Waals surface area contributed by atoms with Crippen molar-refractivity contribution in [2.24, 2.45) is 5.92 Å². The molecule has 1 heterocycles. The van der Waals surface area contributed by atoms with Crippen LogP contribution in [0.4, 0.5) is 5.69 Å². The molecule has 1 aliphatic heterocycles. The van der Waals surface area contributed by atoms with E-state index in [0.29, 0.717) is 6.54 Å². The van der Waals surface area contributed by atoms with Crippen molar-refractivity contribution in [3.63, 3.8) is 0 Å². The third-order valence-electron chi connectivity index (χ3n) is 3.87. The second-order valence-corrected chi connectivity index (χ2v) is 5.54. The van der Waals surface area contributed by atoms with Gasteiger partial charge in [0, 0.05) is 12.1 Å². The summed E-state index contributed by atoms with van der Waals surface area (Å²) in [5.41, 5.74) is 6.18. The van der Waals surface area contributed by atoms with E-state index in [1.54, 1.807) is 4.90 Å². The predicted molar refractivity (Wildman–Crippen MR) is 88.5 cm³/mol. The SMILES string of the molecule is O=C1NNC(=O)C1CC(=O)N(Cc1ccccc1)c1ccccc1. The van der Waals surface area contributed by atoms with Gasteiger partial charge < -0.3 is 4.90 Å². The molecule has 1 aliphatic rings. The molecule has 6 heteroatoms. The number of hydrogen-bond donors (Lipinski definition) is 2. The van der Waals surface area contributed by atoms with Gasteiger partial charge in [-0.2, -0.15) is 0 Å². The number of benzene rings is 2. The van der Waals surface area contributed by atoms with Crippen LogP contribution in [0, 0.1) is 5.92 Å². The molecular formula is C18H17N3O3. The monoisotopic (exact) mass is 323 g/mol. The molecular weight excluding hydrogens is 306 g/mol. The molecule has 0 saturated carbocycles. The summed E-state index contributed by atoms with van der Waals surface area (Å²) in [5, 5.41) is 0. The zero-order valence-electron chi connectivity index (χ0n) is 12.9. The Labute approximate surface area is 139 Å². The molecule has 24 heavy (non-hydrogen) atoms. The zero-order chi connectivity index (χ0) is 16.9. The molecule has 122 valence electrons. The fraction of sp³-hybridized carbons (Fsp3) is 0.167. The van der Waals surface area contributed by atoms with E-state index < -0.39 is 17.7 Å². The lowest BCUT2D eigenvalue weighted by Crippen LogP contribution is -2.34. The average molecular weight is 323 g/mol. The number of nitrogens with zero attached hydrogens (tertiary/aromatic N) is 1. The molecule has 1 fully saturated rings. The number of rotatable bonds is 5. The highest BCUT2D eigenvalue weighted by Gasteiger charge is 2.36. The number of carbonyl (C=O) groups is 3. The highest BCUT2D eigenvalue weighted by molar-refractivity contribution is 6.09. The van der Waals surface area contributed by atoms with Crippen LogP contribution in [0.2, 0.25) is 0 Å². The van der Waals surface area contributed by atoms with Gasteiger partial charge in [-0.15, -0.1) is 0 Å². The molecule has 1 saturated heterocycles. The largest absolute Gasteiger partial charge is 0.308 e. The molecule has 0 spiro atoms. The number of hydrogen-bond acceptors (Lipinski definition) is 3. The number of anilines is 1. The van der Waals surface area contributed by atoms with E-state index in [-0.39, 0.29) is 12.3 Å². The van der Waals surface area contributed by atoms with Gasteiger partial charge in [-0.25, -0.2) is 0 Å². The Hall–Kier alpha value is -3.15. The standard InChI is InChI=1S/C18H17N3O3/c22-16(11-15-17(23)19-20-18(15)24)21(14-9-5-2-6-10-14)12-13-7-3-1-4-8-13/h1-10,15H,11-12H2,(H,19,23)(H,20,24). The van der Waals surface area contributed by atoms with Crippen LogP contribution in [-0.4, -0.2) is 17.7 Å². The molecule has 6 nitrogen and oxygen atoms in total. The normalized spacial score (nSPS) is 14.2. The molecule has 2 N–H and O–H groups in total. The minimum absolute atomic E-state index is 0.167. The molecule has 0 aromatic heterocycles. The van der Waals surface area contributed by atoms with E-state index in [2.05, 4.69) is 10.9 Å². The molecule has 2 aromatic carbocycles. The summed E-state index contributed by atoms with van der Waals surface area (Å²) in [6.07, 6.45) is -0.167. The van der Waals surface area contributed by atoms with Crippen LogP contribution >= 0.6 is 0 Å². The van der Waals surface area contributed by atoms with Crippen LogP contribution in [0.1, 0.15) is 12.0 Å². The fourth-order valence-electron chi connectivity index (χ4n) is 2.58. The number of carbonyl (C=O) groups excluding carboxylic acids is 3. The minimum atomic E-state index is -0.987. The summed E-state index contributed by atoms with van der Waals surface area (Å²) in [6, 6.07) is 18.8. The van der Waals surface area contributed by atoms with Crippen molar-refractivity contribution in [3.8, 4) is 0 Å². The molecule has 3 rings (SSSR count).